The number of sulfonamides is 1. The van der Waals surface area contributed by atoms with E-state index in [2.05, 4.69) is 10.6 Å². The standard InChI is InChI=1S/C25H21Cl2FN4O4S/c26-17-11-18(27)13-22(12-17)36-23-5-4-16(15-29)10-24(23)37(34,35)32-8-6-20(7-9-32)30-25(33)31-21-3-1-2-19(28)14-21/h1-5,10-14,20H,6-9H2,(H2,30,31,33). The fourth-order valence-electron chi connectivity index (χ4n) is 3.88. The van der Waals surface area contributed by atoms with E-state index in [1.807, 2.05) is 6.07 Å². The highest BCUT2D eigenvalue weighted by molar-refractivity contribution is 7.89. The number of nitriles is 1. The Morgan fingerprint density at radius 2 is 1.76 bits per heavy atom. The van der Waals surface area contributed by atoms with Crippen molar-refractivity contribution in [2.24, 2.45) is 0 Å². The summed E-state index contributed by atoms with van der Waals surface area (Å²) in [7, 11) is -4.05. The molecule has 0 bridgehead atoms. The van der Waals surface area contributed by atoms with Gasteiger partial charge in [0.2, 0.25) is 10.0 Å². The largest absolute Gasteiger partial charge is 0.456 e. The lowest BCUT2D eigenvalue weighted by molar-refractivity contribution is 0.238. The molecule has 192 valence electrons. The highest BCUT2D eigenvalue weighted by Gasteiger charge is 2.32. The lowest BCUT2D eigenvalue weighted by atomic mass is 10.1. The molecule has 2 N–H and O–H groups in total. The van der Waals surface area contributed by atoms with Gasteiger partial charge in [-0.25, -0.2) is 17.6 Å². The van der Waals surface area contributed by atoms with E-state index in [4.69, 9.17) is 27.9 Å². The van der Waals surface area contributed by atoms with E-state index in [-0.39, 0.29) is 41.1 Å². The zero-order chi connectivity index (χ0) is 26.6. The maximum absolute atomic E-state index is 13.6. The van der Waals surface area contributed by atoms with Gasteiger partial charge in [-0.2, -0.15) is 9.57 Å². The third kappa shape index (κ3) is 6.70. The maximum atomic E-state index is 13.6. The zero-order valence-corrected chi connectivity index (χ0v) is 21.6. The number of nitrogens with one attached hydrogen (secondary N) is 2. The molecule has 8 nitrogen and oxygen atoms in total. The molecule has 0 atom stereocenters. The number of rotatable bonds is 6. The summed E-state index contributed by atoms with van der Waals surface area (Å²) in [6.45, 7) is 0.263. The molecule has 12 heteroatoms. The first-order chi connectivity index (χ1) is 17.6. The van der Waals surface area contributed by atoms with Crippen molar-refractivity contribution in [3.05, 3.63) is 82.1 Å². The number of nitrogens with zero attached hydrogens (tertiary/aromatic N) is 2. The van der Waals surface area contributed by atoms with Gasteiger partial charge < -0.3 is 15.4 Å². The summed E-state index contributed by atoms with van der Waals surface area (Å²) in [5.41, 5.74) is 0.462. The lowest BCUT2D eigenvalue weighted by Crippen LogP contribution is -2.47. The predicted molar refractivity (Wildman–Crippen MR) is 138 cm³/mol. The van der Waals surface area contributed by atoms with Gasteiger partial charge in [-0.3, -0.25) is 0 Å². The van der Waals surface area contributed by atoms with E-state index in [9.17, 15) is 22.9 Å². The lowest BCUT2D eigenvalue weighted by Gasteiger charge is -2.32. The number of hydrogen-bond acceptors (Lipinski definition) is 5. The molecule has 3 aromatic carbocycles. The van der Waals surface area contributed by atoms with Crippen molar-refractivity contribution in [2.45, 2.75) is 23.8 Å². The van der Waals surface area contributed by atoms with Crippen LogP contribution in [0.15, 0.2) is 65.6 Å². The van der Waals surface area contributed by atoms with Crippen LogP contribution in [0.1, 0.15) is 18.4 Å². The fraction of sp³-hybridized carbons (Fsp3) is 0.200. The summed E-state index contributed by atoms with van der Waals surface area (Å²) in [5, 5.41) is 15.3. The SMILES string of the molecule is N#Cc1ccc(Oc2cc(Cl)cc(Cl)c2)c(S(=O)(=O)N2CCC(NC(=O)Nc3cccc(F)c3)CC2)c1. The summed E-state index contributed by atoms with van der Waals surface area (Å²) >= 11 is 12.1. The van der Waals surface area contributed by atoms with Crippen LogP contribution in [-0.4, -0.2) is 37.9 Å². The average molecular weight is 563 g/mol. The molecule has 2 amide bonds. The molecular formula is C25H21Cl2FN4O4S. The molecule has 1 fully saturated rings. The minimum Gasteiger partial charge on any atom is -0.456 e. The third-order valence-corrected chi connectivity index (χ3v) is 7.98. The van der Waals surface area contributed by atoms with Crippen molar-refractivity contribution >= 4 is 44.9 Å². The molecule has 1 saturated heterocycles. The Hall–Kier alpha value is -3.36. The quantitative estimate of drug-likeness (QED) is 0.396. The minimum atomic E-state index is -4.05. The average Bonchev–Trinajstić information content (AvgIpc) is 2.84. The van der Waals surface area contributed by atoms with Crippen LogP contribution in [0, 0.1) is 17.1 Å². The van der Waals surface area contributed by atoms with Crippen LogP contribution in [0.4, 0.5) is 14.9 Å². The Morgan fingerprint density at radius 3 is 2.41 bits per heavy atom. The van der Waals surface area contributed by atoms with Crippen LogP contribution in [0.2, 0.25) is 10.0 Å². The van der Waals surface area contributed by atoms with E-state index < -0.39 is 21.9 Å². The first kappa shape index (κ1) is 26.7. The molecule has 0 aromatic heterocycles. The Kier molecular flexibility index (Phi) is 8.19. The molecule has 1 aliphatic rings. The highest BCUT2D eigenvalue weighted by Crippen LogP contribution is 2.35. The molecule has 1 aliphatic heterocycles. The van der Waals surface area contributed by atoms with Crippen LogP contribution in [0.25, 0.3) is 0 Å². The van der Waals surface area contributed by atoms with E-state index in [0.717, 1.165) is 0 Å². The van der Waals surface area contributed by atoms with Gasteiger partial charge in [-0.15, -0.1) is 0 Å². The molecule has 0 unspecified atom stereocenters. The Balaban J connectivity index is 1.46. The van der Waals surface area contributed by atoms with Crippen molar-refractivity contribution in [2.75, 3.05) is 18.4 Å². The summed E-state index contributed by atoms with van der Waals surface area (Å²) in [6, 6.07) is 15.3. The number of halogens is 3. The number of amides is 2. The van der Waals surface area contributed by atoms with Gasteiger partial charge >= 0.3 is 6.03 Å². The number of urea groups is 1. The zero-order valence-electron chi connectivity index (χ0n) is 19.2. The van der Waals surface area contributed by atoms with E-state index >= 15 is 0 Å². The number of hydrogen-bond donors (Lipinski definition) is 2. The topological polar surface area (TPSA) is 112 Å². The first-order valence-electron chi connectivity index (χ1n) is 11.2. The molecular weight excluding hydrogens is 542 g/mol. The summed E-state index contributed by atoms with van der Waals surface area (Å²) in [5.74, 6) is -0.212. The first-order valence-corrected chi connectivity index (χ1v) is 13.3. The molecule has 1 heterocycles. The number of piperidine rings is 1. The predicted octanol–water partition coefficient (Wildman–Crippen LogP) is 5.77. The van der Waals surface area contributed by atoms with E-state index in [0.29, 0.717) is 28.6 Å². The van der Waals surface area contributed by atoms with Crippen molar-refractivity contribution in [3.63, 3.8) is 0 Å². The number of carbonyl (C=O) groups is 1. The summed E-state index contributed by atoms with van der Waals surface area (Å²) in [6.07, 6.45) is 0.710. The van der Waals surface area contributed by atoms with Crippen molar-refractivity contribution < 1.29 is 22.3 Å². The smallest absolute Gasteiger partial charge is 0.319 e. The van der Waals surface area contributed by atoms with E-state index in [1.165, 1.54) is 58.9 Å². The Labute approximate surface area is 223 Å². The fourth-order valence-corrected chi connectivity index (χ4v) is 5.99. The molecule has 0 radical (unpaired) electrons. The van der Waals surface area contributed by atoms with Crippen LogP contribution in [0.3, 0.4) is 0 Å². The maximum Gasteiger partial charge on any atom is 0.319 e. The van der Waals surface area contributed by atoms with Crippen molar-refractivity contribution in [3.8, 4) is 17.6 Å². The summed E-state index contributed by atoms with van der Waals surface area (Å²) < 4.78 is 47.5. The highest BCUT2D eigenvalue weighted by atomic mass is 35.5. The van der Waals surface area contributed by atoms with Crippen LogP contribution < -0.4 is 15.4 Å². The normalized spacial score (nSPS) is 14.5. The molecule has 4 rings (SSSR count). The molecule has 3 aromatic rings. The van der Waals surface area contributed by atoms with Gasteiger partial charge in [0.05, 0.1) is 11.6 Å². The van der Waals surface area contributed by atoms with Gasteiger partial charge in [0, 0.05) is 34.9 Å². The molecule has 0 spiro atoms. The minimum absolute atomic E-state index is 0.0204. The van der Waals surface area contributed by atoms with Crippen LogP contribution >= 0.6 is 23.2 Å². The number of anilines is 1. The number of ether oxygens (including phenoxy) is 1. The van der Waals surface area contributed by atoms with Gasteiger partial charge in [-0.1, -0.05) is 29.3 Å². The summed E-state index contributed by atoms with van der Waals surface area (Å²) in [4.78, 5) is 12.1. The van der Waals surface area contributed by atoms with E-state index in [1.54, 1.807) is 6.07 Å². The second-order valence-corrected chi connectivity index (χ2v) is 11.0. The van der Waals surface area contributed by atoms with Crippen molar-refractivity contribution in [1.29, 1.82) is 5.26 Å². The van der Waals surface area contributed by atoms with Gasteiger partial charge in [0.15, 0.2) is 0 Å². The monoisotopic (exact) mass is 562 g/mol. The molecule has 0 saturated carbocycles. The van der Waals surface area contributed by atoms with Gasteiger partial charge in [0.25, 0.3) is 0 Å². The second-order valence-electron chi connectivity index (χ2n) is 8.27. The Morgan fingerprint density at radius 1 is 1.05 bits per heavy atom. The van der Waals surface area contributed by atoms with Gasteiger partial charge in [0.1, 0.15) is 22.2 Å². The van der Waals surface area contributed by atoms with Gasteiger partial charge in [-0.05, 0) is 67.4 Å². The molecule has 0 aliphatic carbocycles. The Bertz CT molecular complexity index is 1450. The number of benzene rings is 3. The molecule has 37 heavy (non-hydrogen) atoms. The third-order valence-electron chi connectivity index (χ3n) is 5.63. The van der Waals surface area contributed by atoms with Crippen LogP contribution in [-0.2, 0) is 10.0 Å². The number of carbonyl (C=O) groups excluding carboxylic acids is 1. The van der Waals surface area contributed by atoms with Crippen LogP contribution in [0.5, 0.6) is 11.5 Å². The van der Waals surface area contributed by atoms with Crippen molar-refractivity contribution in [1.82, 2.24) is 9.62 Å². The second kappa shape index (κ2) is 11.4.